The number of nitrogens with zero attached hydrogens (tertiary/aromatic N) is 4. The molecule has 0 atom stereocenters. The molecule has 0 aliphatic carbocycles. The lowest BCUT2D eigenvalue weighted by Crippen LogP contribution is -1.84. The monoisotopic (exact) mass is 257 g/mol. The standard InChI is InChI=1S/C8H11N5OS2/c1-3-5-10-6(14-13-5)4-15-8-12-11-7(9-2)16-8/h3-4H2,1-2H3,(H,9,11). The van der Waals surface area contributed by atoms with E-state index in [1.54, 1.807) is 11.8 Å². The molecular weight excluding hydrogens is 246 g/mol. The van der Waals surface area contributed by atoms with Gasteiger partial charge in [-0.2, -0.15) is 4.98 Å². The number of aromatic nitrogens is 4. The zero-order valence-electron chi connectivity index (χ0n) is 8.93. The Morgan fingerprint density at radius 3 is 2.94 bits per heavy atom. The van der Waals surface area contributed by atoms with Crippen molar-refractivity contribution in [1.82, 2.24) is 20.3 Å². The van der Waals surface area contributed by atoms with Crippen LogP contribution in [0.2, 0.25) is 0 Å². The van der Waals surface area contributed by atoms with Gasteiger partial charge in [0.25, 0.3) is 0 Å². The maximum absolute atomic E-state index is 5.07. The Hall–Kier alpha value is -1.15. The highest BCUT2D eigenvalue weighted by molar-refractivity contribution is 8.00. The fourth-order valence-corrected chi connectivity index (χ4v) is 2.53. The molecule has 2 aromatic rings. The molecular formula is C8H11N5OS2. The number of thioether (sulfide) groups is 1. The SMILES string of the molecule is CCc1noc(CSc2nnc(NC)s2)n1. The summed E-state index contributed by atoms with van der Waals surface area (Å²) in [6.45, 7) is 1.99. The molecule has 2 aromatic heterocycles. The number of anilines is 1. The van der Waals surface area contributed by atoms with E-state index in [4.69, 9.17) is 4.52 Å². The first-order valence-corrected chi connectivity index (χ1v) is 6.57. The summed E-state index contributed by atoms with van der Waals surface area (Å²) in [5.41, 5.74) is 0. The maximum atomic E-state index is 5.07. The Morgan fingerprint density at radius 2 is 2.31 bits per heavy atom. The summed E-state index contributed by atoms with van der Waals surface area (Å²) in [4.78, 5) is 4.21. The van der Waals surface area contributed by atoms with Gasteiger partial charge in [-0.3, -0.25) is 0 Å². The summed E-state index contributed by atoms with van der Waals surface area (Å²) in [5.74, 6) is 2.00. The Labute approximate surface area is 101 Å². The Morgan fingerprint density at radius 1 is 1.44 bits per heavy atom. The van der Waals surface area contributed by atoms with Gasteiger partial charge in [0.15, 0.2) is 10.2 Å². The van der Waals surface area contributed by atoms with Crippen LogP contribution in [0.3, 0.4) is 0 Å². The highest BCUT2D eigenvalue weighted by Gasteiger charge is 2.08. The van der Waals surface area contributed by atoms with E-state index in [0.29, 0.717) is 11.6 Å². The van der Waals surface area contributed by atoms with Crippen LogP contribution in [0, 0.1) is 0 Å². The quantitative estimate of drug-likeness (QED) is 0.818. The number of nitrogens with one attached hydrogen (secondary N) is 1. The van der Waals surface area contributed by atoms with Crippen LogP contribution in [0.4, 0.5) is 5.13 Å². The number of hydrogen-bond acceptors (Lipinski definition) is 8. The fraction of sp³-hybridized carbons (Fsp3) is 0.500. The molecule has 0 aliphatic rings. The molecule has 0 fully saturated rings. The first-order valence-electron chi connectivity index (χ1n) is 4.77. The molecule has 0 aromatic carbocycles. The van der Waals surface area contributed by atoms with E-state index in [2.05, 4.69) is 25.7 Å². The average Bonchev–Trinajstić information content (AvgIpc) is 2.95. The van der Waals surface area contributed by atoms with Crippen LogP contribution in [0.25, 0.3) is 0 Å². The van der Waals surface area contributed by atoms with Crippen molar-refractivity contribution in [2.75, 3.05) is 12.4 Å². The van der Waals surface area contributed by atoms with Crippen LogP contribution >= 0.6 is 23.1 Å². The summed E-state index contributed by atoms with van der Waals surface area (Å²) in [6.07, 6.45) is 0.789. The van der Waals surface area contributed by atoms with Crippen molar-refractivity contribution >= 4 is 28.2 Å². The lowest BCUT2D eigenvalue weighted by molar-refractivity contribution is 0.385. The number of aryl methyl sites for hydroxylation is 1. The summed E-state index contributed by atoms with van der Waals surface area (Å²) in [5, 5.41) is 15.5. The molecule has 2 rings (SSSR count). The van der Waals surface area contributed by atoms with E-state index in [-0.39, 0.29) is 0 Å². The minimum absolute atomic E-state index is 0.628. The average molecular weight is 257 g/mol. The topological polar surface area (TPSA) is 76.7 Å². The van der Waals surface area contributed by atoms with Gasteiger partial charge in [0.1, 0.15) is 0 Å². The molecule has 8 heteroatoms. The van der Waals surface area contributed by atoms with Gasteiger partial charge >= 0.3 is 0 Å². The van der Waals surface area contributed by atoms with E-state index in [1.807, 2.05) is 14.0 Å². The summed E-state index contributed by atoms with van der Waals surface area (Å²) in [6, 6.07) is 0. The molecule has 0 radical (unpaired) electrons. The van der Waals surface area contributed by atoms with Crippen LogP contribution in [0.1, 0.15) is 18.6 Å². The van der Waals surface area contributed by atoms with E-state index < -0.39 is 0 Å². The number of hydrogen-bond donors (Lipinski definition) is 1. The summed E-state index contributed by atoms with van der Waals surface area (Å²) >= 11 is 3.05. The van der Waals surface area contributed by atoms with Gasteiger partial charge in [0.2, 0.25) is 11.0 Å². The van der Waals surface area contributed by atoms with Crippen LogP contribution in [0.15, 0.2) is 8.86 Å². The van der Waals surface area contributed by atoms with Gasteiger partial charge in [0, 0.05) is 13.5 Å². The summed E-state index contributed by atoms with van der Waals surface area (Å²) in [7, 11) is 1.82. The van der Waals surface area contributed by atoms with Crippen molar-refractivity contribution in [2.24, 2.45) is 0 Å². The van der Waals surface area contributed by atoms with E-state index >= 15 is 0 Å². The second-order valence-corrected chi connectivity index (χ2v) is 5.07. The van der Waals surface area contributed by atoms with Gasteiger partial charge in [0.05, 0.1) is 5.75 Å². The molecule has 1 N–H and O–H groups in total. The third kappa shape index (κ3) is 2.70. The van der Waals surface area contributed by atoms with Crippen molar-refractivity contribution in [2.45, 2.75) is 23.4 Å². The molecule has 2 heterocycles. The van der Waals surface area contributed by atoms with E-state index in [0.717, 1.165) is 21.7 Å². The van der Waals surface area contributed by atoms with Crippen molar-refractivity contribution < 1.29 is 4.52 Å². The maximum Gasteiger partial charge on any atom is 0.237 e. The highest BCUT2D eigenvalue weighted by atomic mass is 32.2. The first-order chi connectivity index (χ1) is 7.81. The third-order valence-corrected chi connectivity index (χ3v) is 3.82. The summed E-state index contributed by atoms with van der Waals surface area (Å²) < 4.78 is 5.96. The minimum Gasteiger partial charge on any atom is -0.363 e. The number of rotatable bonds is 5. The Balaban J connectivity index is 1.91. The second-order valence-electron chi connectivity index (χ2n) is 2.87. The Bertz CT molecular complexity index is 412. The molecule has 86 valence electrons. The smallest absolute Gasteiger partial charge is 0.237 e. The van der Waals surface area contributed by atoms with Crippen molar-refractivity contribution in [3.05, 3.63) is 11.7 Å². The first kappa shape index (κ1) is 11.3. The van der Waals surface area contributed by atoms with Crippen LogP contribution in [0.5, 0.6) is 0 Å². The Kier molecular flexibility index (Phi) is 3.73. The minimum atomic E-state index is 0.628. The van der Waals surface area contributed by atoms with E-state index in [1.165, 1.54) is 11.3 Å². The zero-order valence-corrected chi connectivity index (χ0v) is 10.6. The molecule has 0 saturated carbocycles. The molecule has 0 bridgehead atoms. The molecule has 0 aliphatic heterocycles. The second kappa shape index (κ2) is 5.26. The highest BCUT2D eigenvalue weighted by Crippen LogP contribution is 2.27. The molecule has 0 saturated heterocycles. The van der Waals surface area contributed by atoms with Gasteiger partial charge in [-0.1, -0.05) is 35.2 Å². The van der Waals surface area contributed by atoms with Crippen LogP contribution in [-0.2, 0) is 12.2 Å². The van der Waals surface area contributed by atoms with Crippen LogP contribution < -0.4 is 5.32 Å². The van der Waals surface area contributed by atoms with Crippen molar-refractivity contribution in [3.63, 3.8) is 0 Å². The molecule has 0 spiro atoms. The predicted octanol–water partition coefficient (Wildman–Crippen LogP) is 1.82. The van der Waals surface area contributed by atoms with Gasteiger partial charge in [-0.05, 0) is 0 Å². The van der Waals surface area contributed by atoms with Gasteiger partial charge < -0.3 is 9.84 Å². The van der Waals surface area contributed by atoms with Crippen molar-refractivity contribution in [3.8, 4) is 0 Å². The molecule has 0 unspecified atom stereocenters. The lowest BCUT2D eigenvalue weighted by atomic mass is 10.5. The molecule has 16 heavy (non-hydrogen) atoms. The predicted molar refractivity (Wildman–Crippen MR) is 62.7 cm³/mol. The normalized spacial score (nSPS) is 10.6. The lowest BCUT2D eigenvalue weighted by Gasteiger charge is -1.89. The van der Waals surface area contributed by atoms with E-state index in [9.17, 15) is 0 Å². The largest absolute Gasteiger partial charge is 0.363 e. The fourth-order valence-electron chi connectivity index (χ4n) is 0.985. The van der Waals surface area contributed by atoms with Crippen molar-refractivity contribution in [1.29, 1.82) is 0 Å². The molecule has 6 nitrogen and oxygen atoms in total. The van der Waals surface area contributed by atoms with Crippen LogP contribution in [-0.4, -0.2) is 27.4 Å². The molecule has 0 amide bonds. The van der Waals surface area contributed by atoms with Gasteiger partial charge in [-0.25, -0.2) is 0 Å². The zero-order chi connectivity index (χ0) is 11.4. The third-order valence-electron chi connectivity index (χ3n) is 1.77. The van der Waals surface area contributed by atoms with Gasteiger partial charge in [-0.15, -0.1) is 10.2 Å².